The molecule has 2 aliphatic heterocycles. The molecule has 2 aromatic carbocycles. The number of para-hydroxylation sites is 2. The van der Waals surface area contributed by atoms with Gasteiger partial charge in [0.15, 0.2) is 6.10 Å². The van der Waals surface area contributed by atoms with Gasteiger partial charge in [-0.3, -0.25) is 9.59 Å². The van der Waals surface area contributed by atoms with Crippen LogP contribution in [0.4, 0.5) is 10.5 Å². The topological polar surface area (TPSA) is 132 Å². The zero-order chi connectivity index (χ0) is 24.1. The van der Waals surface area contributed by atoms with Gasteiger partial charge in [-0.05, 0) is 24.6 Å². The first kappa shape index (κ1) is 22.8. The molecule has 0 bridgehead atoms. The van der Waals surface area contributed by atoms with Crippen molar-refractivity contribution in [1.29, 1.82) is 0 Å². The van der Waals surface area contributed by atoms with Crippen molar-refractivity contribution in [2.24, 2.45) is 0 Å². The van der Waals surface area contributed by atoms with Gasteiger partial charge in [0.25, 0.3) is 5.91 Å². The van der Waals surface area contributed by atoms with Crippen LogP contribution in [0.3, 0.4) is 0 Å². The quantitative estimate of drug-likeness (QED) is 0.534. The van der Waals surface area contributed by atoms with Crippen LogP contribution < -0.4 is 20.7 Å². The summed E-state index contributed by atoms with van der Waals surface area (Å²) in [5.74, 6) is -1.41. The maximum atomic E-state index is 12.7. The lowest BCUT2D eigenvalue weighted by Crippen LogP contribution is -2.47. The van der Waals surface area contributed by atoms with E-state index in [1.54, 1.807) is 55.5 Å². The van der Waals surface area contributed by atoms with Crippen molar-refractivity contribution in [3.05, 3.63) is 71.4 Å². The summed E-state index contributed by atoms with van der Waals surface area (Å²) in [4.78, 5) is 49.8. The minimum absolute atomic E-state index is 0.101. The Morgan fingerprint density at radius 3 is 2.47 bits per heavy atom. The molecule has 2 aromatic rings. The molecule has 2 aliphatic rings. The SMILES string of the molecule is CCOC(=O)C1=C(COC(=O)C[C@H]2Oc3ccccc3NC2=O)NC(=O)N[C@H]1c1ccccc1. The molecule has 2 heterocycles. The fourth-order valence-electron chi connectivity index (χ4n) is 3.67. The van der Waals surface area contributed by atoms with Gasteiger partial charge in [0, 0.05) is 0 Å². The van der Waals surface area contributed by atoms with Crippen LogP contribution in [0.15, 0.2) is 65.9 Å². The molecular formula is C24H23N3O7. The summed E-state index contributed by atoms with van der Waals surface area (Å²) in [6, 6.07) is 14.4. The molecule has 0 fully saturated rings. The number of benzene rings is 2. The summed E-state index contributed by atoms with van der Waals surface area (Å²) in [5, 5.41) is 7.90. The van der Waals surface area contributed by atoms with E-state index in [1.165, 1.54) is 0 Å². The Labute approximate surface area is 195 Å². The average molecular weight is 465 g/mol. The monoisotopic (exact) mass is 465 g/mol. The number of hydrogen-bond donors (Lipinski definition) is 3. The lowest BCUT2D eigenvalue weighted by atomic mass is 9.95. The van der Waals surface area contributed by atoms with E-state index in [2.05, 4.69) is 16.0 Å². The van der Waals surface area contributed by atoms with Crippen LogP contribution in [0.1, 0.15) is 24.9 Å². The number of ether oxygens (including phenoxy) is 3. The lowest BCUT2D eigenvalue weighted by molar-refractivity contribution is -0.147. The van der Waals surface area contributed by atoms with Gasteiger partial charge in [-0.2, -0.15) is 0 Å². The summed E-state index contributed by atoms with van der Waals surface area (Å²) in [7, 11) is 0. The van der Waals surface area contributed by atoms with Gasteiger partial charge in [0.05, 0.1) is 36.0 Å². The average Bonchev–Trinajstić information content (AvgIpc) is 2.83. The predicted octanol–water partition coefficient (Wildman–Crippen LogP) is 2.19. The minimum atomic E-state index is -1.07. The smallest absolute Gasteiger partial charge is 0.338 e. The van der Waals surface area contributed by atoms with Crippen molar-refractivity contribution in [1.82, 2.24) is 10.6 Å². The van der Waals surface area contributed by atoms with Crippen LogP contribution in [0, 0.1) is 0 Å². The van der Waals surface area contributed by atoms with Gasteiger partial charge in [0.1, 0.15) is 12.4 Å². The number of nitrogens with one attached hydrogen (secondary N) is 3. The highest BCUT2D eigenvalue weighted by Gasteiger charge is 2.35. The molecule has 176 valence electrons. The Bertz CT molecular complexity index is 1150. The maximum Gasteiger partial charge on any atom is 0.338 e. The number of rotatable bonds is 7. The summed E-state index contributed by atoms with van der Waals surface area (Å²) in [6.45, 7) is 1.40. The lowest BCUT2D eigenvalue weighted by Gasteiger charge is -2.29. The summed E-state index contributed by atoms with van der Waals surface area (Å²) >= 11 is 0. The normalized spacial score (nSPS) is 19.1. The van der Waals surface area contributed by atoms with Gasteiger partial charge in [-0.1, -0.05) is 42.5 Å². The second kappa shape index (κ2) is 10.1. The van der Waals surface area contributed by atoms with E-state index < -0.39 is 42.6 Å². The van der Waals surface area contributed by atoms with E-state index in [-0.39, 0.29) is 24.3 Å². The van der Waals surface area contributed by atoms with Crippen LogP contribution >= 0.6 is 0 Å². The Morgan fingerprint density at radius 1 is 0.971 bits per heavy atom. The number of esters is 2. The van der Waals surface area contributed by atoms with Crippen molar-refractivity contribution in [2.45, 2.75) is 25.5 Å². The molecule has 0 saturated carbocycles. The highest BCUT2D eigenvalue weighted by atomic mass is 16.5. The zero-order valence-corrected chi connectivity index (χ0v) is 18.3. The highest BCUT2D eigenvalue weighted by Crippen LogP contribution is 2.30. The molecule has 0 spiro atoms. The molecule has 2 atom stereocenters. The number of carbonyl (C=O) groups is 4. The summed E-state index contributed by atoms with van der Waals surface area (Å²) < 4.78 is 16.1. The second-order valence-corrected chi connectivity index (χ2v) is 7.51. The Morgan fingerprint density at radius 2 is 1.71 bits per heavy atom. The third-order valence-electron chi connectivity index (χ3n) is 5.22. The predicted molar refractivity (Wildman–Crippen MR) is 120 cm³/mol. The van der Waals surface area contributed by atoms with Crippen molar-refractivity contribution in [3.8, 4) is 5.75 Å². The van der Waals surface area contributed by atoms with Gasteiger partial charge in [-0.25, -0.2) is 9.59 Å². The molecule has 34 heavy (non-hydrogen) atoms. The van der Waals surface area contributed by atoms with Crippen LogP contribution in [-0.2, 0) is 23.9 Å². The number of carbonyl (C=O) groups excluding carboxylic acids is 4. The molecular weight excluding hydrogens is 442 g/mol. The minimum Gasteiger partial charge on any atom is -0.478 e. The Balaban J connectivity index is 1.50. The molecule has 0 saturated heterocycles. The first-order chi connectivity index (χ1) is 16.5. The number of amides is 3. The fraction of sp³-hybridized carbons (Fsp3) is 0.250. The van der Waals surface area contributed by atoms with Crippen LogP contribution in [-0.4, -0.2) is 43.2 Å². The van der Waals surface area contributed by atoms with Crippen LogP contribution in [0.5, 0.6) is 5.75 Å². The first-order valence-corrected chi connectivity index (χ1v) is 10.7. The van der Waals surface area contributed by atoms with Crippen molar-refractivity contribution in [3.63, 3.8) is 0 Å². The Hall–Kier alpha value is -4.34. The first-order valence-electron chi connectivity index (χ1n) is 10.7. The maximum absolute atomic E-state index is 12.7. The van der Waals surface area contributed by atoms with E-state index in [0.717, 1.165) is 0 Å². The zero-order valence-electron chi connectivity index (χ0n) is 18.3. The standard InChI is InChI=1S/C24H23N3O7/c1-2-32-23(30)20-16(26-24(31)27-21(20)14-8-4-3-5-9-14)13-33-19(28)12-18-22(29)25-15-10-6-7-11-17(15)34-18/h3-11,18,21H,2,12-13H2,1H3,(H,25,29)(H2,26,27,31)/t18-,21+/m1/s1. The third kappa shape index (κ3) is 5.01. The summed E-state index contributed by atoms with van der Waals surface area (Å²) in [5.41, 5.74) is 1.41. The molecule has 10 nitrogen and oxygen atoms in total. The van der Waals surface area contributed by atoms with Crippen molar-refractivity contribution < 1.29 is 33.4 Å². The van der Waals surface area contributed by atoms with E-state index >= 15 is 0 Å². The van der Waals surface area contributed by atoms with Crippen LogP contribution in [0.25, 0.3) is 0 Å². The molecule has 0 radical (unpaired) electrons. The van der Waals surface area contributed by atoms with E-state index in [9.17, 15) is 19.2 Å². The van der Waals surface area contributed by atoms with Gasteiger partial charge in [0.2, 0.25) is 0 Å². The second-order valence-electron chi connectivity index (χ2n) is 7.51. The Kier molecular flexibility index (Phi) is 6.77. The molecule has 10 heteroatoms. The largest absolute Gasteiger partial charge is 0.478 e. The van der Waals surface area contributed by atoms with Gasteiger partial charge in [-0.15, -0.1) is 0 Å². The number of urea groups is 1. The van der Waals surface area contributed by atoms with E-state index in [0.29, 0.717) is 17.0 Å². The molecule has 0 aliphatic carbocycles. The number of fused-ring (bicyclic) bond motifs is 1. The highest BCUT2D eigenvalue weighted by molar-refractivity contribution is 5.99. The van der Waals surface area contributed by atoms with Crippen molar-refractivity contribution >= 4 is 29.6 Å². The fourth-order valence-corrected chi connectivity index (χ4v) is 3.67. The number of hydrogen-bond acceptors (Lipinski definition) is 7. The van der Waals surface area contributed by atoms with Gasteiger partial charge < -0.3 is 30.2 Å². The van der Waals surface area contributed by atoms with Crippen molar-refractivity contribution in [2.75, 3.05) is 18.5 Å². The molecule has 3 amide bonds. The molecule has 0 unspecified atom stereocenters. The summed E-state index contributed by atoms with van der Waals surface area (Å²) in [6.07, 6.45) is -1.42. The molecule has 0 aromatic heterocycles. The third-order valence-corrected chi connectivity index (χ3v) is 5.22. The van der Waals surface area contributed by atoms with Gasteiger partial charge >= 0.3 is 18.0 Å². The molecule has 3 N–H and O–H groups in total. The van der Waals surface area contributed by atoms with E-state index in [4.69, 9.17) is 14.2 Å². The van der Waals surface area contributed by atoms with E-state index in [1.807, 2.05) is 6.07 Å². The molecule has 4 rings (SSSR count). The number of anilines is 1. The van der Waals surface area contributed by atoms with Crippen LogP contribution in [0.2, 0.25) is 0 Å².